The quantitative estimate of drug-likeness (QED) is 0.507. The lowest BCUT2D eigenvalue weighted by Crippen LogP contribution is -2.39. The van der Waals surface area contributed by atoms with Gasteiger partial charge in [-0.05, 0) is 18.8 Å². The molecule has 0 heterocycles. The Balaban J connectivity index is 2.10. The van der Waals surface area contributed by atoms with Gasteiger partial charge in [0.05, 0.1) is 6.54 Å². The topological polar surface area (TPSA) is 49.3 Å². The van der Waals surface area contributed by atoms with Gasteiger partial charge in [-0.15, -0.1) is 0 Å². The molecular weight excluding hydrogens is 192 g/mol. The summed E-state index contributed by atoms with van der Waals surface area (Å²) in [6.45, 7) is -0.531. The van der Waals surface area contributed by atoms with Crippen LogP contribution in [0.25, 0.3) is 0 Å². The molecule has 0 aromatic rings. The number of allylic oxidation sites excluding steroid dienone is 1. The van der Waals surface area contributed by atoms with E-state index >= 15 is 0 Å². The van der Waals surface area contributed by atoms with E-state index in [-0.39, 0.29) is 0 Å². The predicted molar refractivity (Wildman–Crippen MR) is 47.3 cm³/mol. The molecule has 0 aliphatic heterocycles. The summed E-state index contributed by atoms with van der Waals surface area (Å²) >= 11 is 0. The van der Waals surface area contributed by atoms with Crippen LogP contribution in [0.2, 0.25) is 0 Å². The van der Waals surface area contributed by atoms with Crippen molar-refractivity contribution >= 4 is 5.97 Å². The number of hydrogen-bond donors (Lipinski definition) is 2. The van der Waals surface area contributed by atoms with E-state index in [1.807, 2.05) is 6.08 Å². The molecule has 0 saturated heterocycles. The third-order valence-corrected chi connectivity index (χ3v) is 1.95. The molecule has 1 aliphatic carbocycles. The van der Waals surface area contributed by atoms with Gasteiger partial charge >= 0.3 is 11.9 Å². The maximum absolute atomic E-state index is 12.5. The molecule has 1 aliphatic rings. The number of carboxylic acid groups (broad SMARTS) is 1. The van der Waals surface area contributed by atoms with Gasteiger partial charge in [0.15, 0.2) is 0 Å². The number of carbonyl (C=O) groups is 1. The predicted octanol–water partition coefficient (Wildman–Crippen LogP) is 1.26. The van der Waals surface area contributed by atoms with E-state index in [9.17, 15) is 13.6 Å². The molecule has 14 heavy (non-hydrogen) atoms. The molecule has 0 radical (unpaired) electrons. The first-order valence-electron chi connectivity index (χ1n) is 4.51. The van der Waals surface area contributed by atoms with Crippen LogP contribution in [-0.2, 0) is 4.79 Å². The summed E-state index contributed by atoms with van der Waals surface area (Å²) in [5.74, 6) is -5.15. The average Bonchev–Trinajstić information content (AvgIpc) is 2.87. The van der Waals surface area contributed by atoms with Crippen molar-refractivity contribution in [1.29, 1.82) is 0 Å². The van der Waals surface area contributed by atoms with Crippen molar-refractivity contribution in [3.63, 3.8) is 0 Å². The second-order valence-electron chi connectivity index (χ2n) is 3.41. The maximum Gasteiger partial charge on any atom is 0.375 e. The van der Waals surface area contributed by atoms with Gasteiger partial charge in [-0.2, -0.15) is 8.78 Å². The average molecular weight is 205 g/mol. The smallest absolute Gasteiger partial charge is 0.375 e. The first kappa shape index (κ1) is 11.1. The van der Waals surface area contributed by atoms with E-state index in [4.69, 9.17) is 5.11 Å². The second-order valence-corrected chi connectivity index (χ2v) is 3.41. The first-order chi connectivity index (χ1) is 6.52. The van der Waals surface area contributed by atoms with Crippen LogP contribution in [0.5, 0.6) is 0 Å². The number of alkyl halides is 2. The highest BCUT2D eigenvalue weighted by atomic mass is 19.3. The summed E-state index contributed by atoms with van der Waals surface area (Å²) in [6.07, 6.45) is 6.06. The minimum atomic E-state index is -3.67. The monoisotopic (exact) mass is 205 g/mol. The largest absolute Gasteiger partial charge is 0.477 e. The van der Waals surface area contributed by atoms with Crippen molar-refractivity contribution in [3.05, 3.63) is 12.2 Å². The summed E-state index contributed by atoms with van der Waals surface area (Å²) in [7, 11) is 0. The fraction of sp³-hybridized carbons (Fsp3) is 0.667. The molecule has 1 fully saturated rings. The molecule has 0 spiro atoms. The molecule has 2 N–H and O–H groups in total. The summed E-state index contributed by atoms with van der Waals surface area (Å²) in [5, 5.41) is 10.5. The van der Waals surface area contributed by atoms with Crippen LogP contribution < -0.4 is 5.32 Å². The minimum Gasteiger partial charge on any atom is -0.477 e. The van der Waals surface area contributed by atoms with Gasteiger partial charge in [0.1, 0.15) is 0 Å². The van der Waals surface area contributed by atoms with Crippen LogP contribution >= 0.6 is 0 Å². The molecule has 0 atom stereocenters. The fourth-order valence-corrected chi connectivity index (χ4v) is 0.937. The lowest BCUT2D eigenvalue weighted by Gasteiger charge is -2.10. The fourth-order valence-electron chi connectivity index (χ4n) is 0.937. The molecule has 1 rings (SSSR count). The molecule has 0 unspecified atom stereocenters. The SMILES string of the molecule is O=C(O)C(F)(F)CNC/C=C/C1CC1. The number of rotatable bonds is 6. The Bertz CT molecular complexity index is 237. The van der Waals surface area contributed by atoms with Crippen molar-refractivity contribution in [3.8, 4) is 0 Å². The van der Waals surface area contributed by atoms with Gasteiger partial charge in [0.25, 0.3) is 0 Å². The summed E-state index contributed by atoms with van der Waals surface area (Å²) in [5.41, 5.74) is 0. The van der Waals surface area contributed by atoms with Gasteiger partial charge in [-0.3, -0.25) is 0 Å². The number of nitrogens with one attached hydrogen (secondary N) is 1. The highest BCUT2D eigenvalue weighted by Crippen LogP contribution is 2.29. The molecule has 0 bridgehead atoms. The molecule has 3 nitrogen and oxygen atoms in total. The molecule has 5 heteroatoms. The number of hydrogen-bond acceptors (Lipinski definition) is 2. The van der Waals surface area contributed by atoms with Crippen molar-refractivity contribution in [2.45, 2.75) is 18.8 Å². The maximum atomic E-state index is 12.5. The summed E-state index contributed by atoms with van der Waals surface area (Å²) in [4.78, 5) is 9.99. The van der Waals surface area contributed by atoms with Crippen molar-refractivity contribution in [2.75, 3.05) is 13.1 Å². The zero-order chi connectivity index (χ0) is 10.6. The van der Waals surface area contributed by atoms with Crippen molar-refractivity contribution in [2.24, 2.45) is 5.92 Å². The van der Waals surface area contributed by atoms with E-state index in [2.05, 4.69) is 5.32 Å². The number of carboxylic acids is 1. The normalized spacial score (nSPS) is 17.6. The first-order valence-corrected chi connectivity index (χ1v) is 4.51. The summed E-state index contributed by atoms with van der Waals surface area (Å²) < 4.78 is 24.9. The lowest BCUT2D eigenvalue weighted by atomic mass is 10.3. The second kappa shape index (κ2) is 4.50. The molecular formula is C9H13F2NO2. The Hall–Kier alpha value is -0.970. The Kier molecular flexibility index (Phi) is 3.57. The third kappa shape index (κ3) is 3.83. The van der Waals surface area contributed by atoms with Crippen LogP contribution in [0, 0.1) is 5.92 Å². The lowest BCUT2D eigenvalue weighted by molar-refractivity contribution is -0.163. The van der Waals surface area contributed by atoms with Gasteiger partial charge < -0.3 is 10.4 Å². The van der Waals surface area contributed by atoms with Crippen molar-refractivity contribution < 1.29 is 18.7 Å². The van der Waals surface area contributed by atoms with E-state index in [1.54, 1.807) is 6.08 Å². The third-order valence-electron chi connectivity index (χ3n) is 1.95. The highest BCUT2D eigenvalue weighted by molar-refractivity contribution is 5.75. The Morgan fingerprint density at radius 1 is 1.57 bits per heavy atom. The molecule has 0 aromatic carbocycles. The van der Waals surface area contributed by atoms with Crippen LogP contribution in [0.3, 0.4) is 0 Å². The van der Waals surface area contributed by atoms with Gasteiger partial charge in [0.2, 0.25) is 0 Å². The zero-order valence-electron chi connectivity index (χ0n) is 7.67. The Morgan fingerprint density at radius 3 is 2.71 bits per heavy atom. The van der Waals surface area contributed by atoms with Gasteiger partial charge in [-0.25, -0.2) is 4.79 Å². The van der Waals surface area contributed by atoms with E-state index < -0.39 is 18.4 Å². The van der Waals surface area contributed by atoms with Crippen LogP contribution in [0.4, 0.5) is 8.78 Å². The molecule has 0 aromatic heterocycles. The van der Waals surface area contributed by atoms with Crippen LogP contribution in [-0.4, -0.2) is 30.1 Å². The van der Waals surface area contributed by atoms with Crippen LogP contribution in [0.15, 0.2) is 12.2 Å². The van der Waals surface area contributed by atoms with E-state index in [0.717, 1.165) is 0 Å². The molecule has 0 amide bonds. The number of halogens is 2. The standard InChI is InChI=1S/C9H13F2NO2/c10-9(11,8(13)14)6-12-5-1-2-7-3-4-7/h1-2,7,12H,3-6H2,(H,13,14)/b2-1+. The van der Waals surface area contributed by atoms with E-state index in [1.165, 1.54) is 12.8 Å². The minimum absolute atomic E-state index is 0.291. The Morgan fingerprint density at radius 2 is 2.21 bits per heavy atom. The Labute approximate surface area is 80.8 Å². The van der Waals surface area contributed by atoms with Crippen LogP contribution in [0.1, 0.15) is 12.8 Å². The molecule has 80 valence electrons. The molecule has 1 saturated carbocycles. The highest BCUT2D eigenvalue weighted by Gasteiger charge is 2.37. The van der Waals surface area contributed by atoms with Crippen molar-refractivity contribution in [1.82, 2.24) is 5.32 Å². The van der Waals surface area contributed by atoms with Gasteiger partial charge in [-0.1, -0.05) is 12.2 Å². The van der Waals surface area contributed by atoms with Gasteiger partial charge in [0, 0.05) is 6.54 Å². The van der Waals surface area contributed by atoms with E-state index in [0.29, 0.717) is 12.5 Å². The zero-order valence-corrected chi connectivity index (χ0v) is 7.67. The number of aliphatic carboxylic acids is 1. The summed E-state index contributed by atoms with van der Waals surface area (Å²) in [6, 6.07) is 0.